The van der Waals surface area contributed by atoms with Crippen LogP contribution in [0.15, 0.2) is 53.5 Å². The Labute approximate surface area is 173 Å². The van der Waals surface area contributed by atoms with Crippen molar-refractivity contribution in [3.63, 3.8) is 0 Å². The average molecular weight is 465 g/mol. The Kier molecular flexibility index (Phi) is 7.75. The summed E-state index contributed by atoms with van der Waals surface area (Å²) < 4.78 is 5.40. The molecule has 2 unspecified atom stereocenters. The average Bonchev–Trinajstić information content (AvgIpc) is 3.40. The van der Waals surface area contributed by atoms with Crippen LogP contribution in [0.4, 0.5) is 0 Å². The number of para-hydroxylation sites is 1. The normalized spacial score (nSPS) is 18.7. The minimum absolute atomic E-state index is 0. The smallest absolute Gasteiger partial charge is 0.191 e. The summed E-state index contributed by atoms with van der Waals surface area (Å²) in [5, 5.41) is 6.95. The van der Waals surface area contributed by atoms with Crippen molar-refractivity contribution in [1.29, 1.82) is 0 Å². The molecular formula is C21H28IN3O. The third kappa shape index (κ3) is 5.13. The van der Waals surface area contributed by atoms with Gasteiger partial charge in [-0.15, -0.1) is 24.0 Å². The maximum absolute atomic E-state index is 5.40. The fourth-order valence-corrected chi connectivity index (χ4v) is 3.30. The second-order valence-corrected chi connectivity index (χ2v) is 6.51. The van der Waals surface area contributed by atoms with Crippen LogP contribution in [0, 0.1) is 6.92 Å². The van der Waals surface area contributed by atoms with E-state index in [1.165, 1.54) is 16.7 Å². The van der Waals surface area contributed by atoms with Gasteiger partial charge in [-0.05, 0) is 42.5 Å². The van der Waals surface area contributed by atoms with Gasteiger partial charge in [0.1, 0.15) is 5.75 Å². The fourth-order valence-electron chi connectivity index (χ4n) is 3.30. The zero-order valence-corrected chi connectivity index (χ0v) is 18.0. The van der Waals surface area contributed by atoms with E-state index in [1.54, 1.807) is 7.11 Å². The zero-order valence-electron chi connectivity index (χ0n) is 15.7. The van der Waals surface area contributed by atoms with Crippen molar-refractivity contribution in [2.75, 3.05) is 20.7 Å². The standard InChI is InChI=1S/C21H27N3O.HI/c1-15-8-4-6-10-17(15)18-14-19(18)24-21(22-2)23-13-12-16-9-5-7-11-20(16)25-3;/h4-11,18-19H,12-14H2,1-3H3,(H2,22,23,24);1H. The lowest BCUT2D eigenvalue weighted by atomic mass is 10.0. The zero-order chi connectivity index (χ0) is 17.6. The summed E-state index contributed by atoms with van der Waals surface area (Å²) in [4.78, 5) is 4.36. The van der Waals surface area contributed by atoms with Gasteiger partial charge in [-0.3, -0.25) is 4.99 Å². The molecule has 2 aromatic carbocycles. The first-order valence-electron chi connectivity index (χ1n) is 8.87. The topological polar surface area (TPSA) is 45.7 Å². The molecule has 0 aromatic heterocycles. The Morgan fingerprint density at radius 3 is 2.62 bits per heavy atom. The Morgan fingerprint density at radius 1 is 1.15 bits per heavy atom. The maximum Gasteiger partial charge on any atom is 0.191 e. The molecule has 140 valence electrons. The van der Waals surface area contributed by atoms with Crippen molar-refractivity contribution in [3.8, 4) is 5.75 Å². The fraction of sp³-hybridized carbons (Fsp3) is 0.381. The van der Waals surface area contributed by atoms with E-state index in [0.717, 1.165) is 31.1 Å². The van der Waals surface area contributed by atoms with Crippen molar-refractivity contribution >= 4 is 29.9 Å². The highest BCUT2D eigenvalue weighted by Gasteiger charge is 2.39. The summed E-state index contributed by atoms with van der Waals surface area (Å²) in [5.74, 6) is 2.40. The Bertz CT molecular complexity index is 748. The Hall–Kier alpha value is -1.76. The number of hydrogen-bond donors (Lipinski definition) is 2. The number of aliphatic imine (C=N–C) groups is 1. The summed E-state index contributed by atoms with van der Waals surface area (Å²) in [6.07, 6.45) is 2.06. The van der Waals surface area contributed by atoms with Crippen molar-refractivity contribution < 1.29 is 4.74 Å². The number of guanidine groups is 1. The molecule has 2 aromatic rings. The molecule has 2 atom stereocenters. The molecule has 2 N–H and O–H groups in total. The molecule has 0 heterocycles. The largest absolute Gasteiger partial charge is 0.496 e. The number of hydrogen-bond acceptors (Lipinski definition) is 2. The number of aryl methyl sites for hydroxylation is 1. The van der Waals surface area contributed by atoms with Crippen LogP contribution in [0.3, 0.4) is 0 Å². The van der Waals surface area contributed by atoms with Crippen molar-refractivity contribution in [3.05, 3.63) is 65.2 Å². The molecule has 3 rings (SSSR count). The third-order valence-electron chi connectivity index (χ3n) is 4.80. The van der Waals surface area contributed by atoms with Gasteiger partial charge in [0, 0.05) is 25.6 Å². The number of halogens is 1. The number of ether oxygens (including phenoxy) is 1. The number of rotatable bonds is 6. The summed E-state index contributed by atoms with van der Waals surface area (Å²) >= 11 is 0. The van der Waals surface area contributed by atoms with Gasteiger partial charge in [0.15, 0.2) is 5.96 Å². The molecule has 0 bridgehead atoms. The van der Waals surface area contributed by atoms with E-state index in [-0.39, 0.29) is 24.0 Å². The molecule has 1 fully saturated rings. The third-order valence-corrected chi connectivity index (χ3v) is 4.80. The minimum atomic E-state index is 0. The highest BCUT2D eigenvalue weighted by Crippen LogP contribution is 2.41. The van der Waals surface area contributed by atoms with Crippen LogP contribution < -0.4 is 15.4 Å². The Morgan fingerprint density at radius 2 is 1.88 bits per heavy atom. The minimum Gasteiger partial charge on any atom is -0.496 e. The van der Waals surface area contributed by atoms with Gasteiger partial charge in [0.05, 0.1) is 7.11 Å². The number of nitrogens with one attached hydrogen (secondary N) is 2. The number of nitrogens with zero attached hydrogens (tertiary/aromatic N) is 1. The molecule has 26 heavy (non-hydrogen) atoms. The van der Waals surface area contributed by atoms with Crippen LogP contribution in [0.2, 0.25) is 0 Å². The molecule has 0 aliphatic heterocycles. The van der Waals surface area contributed by atoms with E-state index in [0.29, 0.717) is 12.0 Å². The second kappa shape index (κ2) is 9.80. The molecule has 1 aliphatic rings. The van der Waals surface area contributed by atoms with Crippen molar-refractivity contribution in [2.45, 2.75) is 31.7 Å². The number of methoxy groups -OCH3 is 1. The lowest BCUT2D eigenvalue weighted by Crippen LogP contribution is -2.40. The van der Waals surface area contributed by atoms with Crippen LogP contribution in [0.1, 0.15) is 29.0 Å². The number of benzene rings is 2. The quantitative estimate of drug-likeness (QED) is 0.387. The van der Waals surface area contributed by atoms with E-state index in [9.17, 15) is 0 Å². The van der Waals surface area contributed by atoms with Crippen molar-refractivity contribution in [1.82, 2.24) is 10.6 Å². The molecule has 0 saturated heterocycles. The molecule has 5 heteroatoms. The molecule has 4 nitrogen and oxygen atoms in total. The van der Waals surface area contributed by atoms with E-state index in [1.807, 2.05) is 25.2 Å². The Balaban J connectivity index is 0.00000243. The van der Waals surface area contributed by atoms with E-state index >= 15 is 0 Å². The van der Waals surface area contributed by atoms with Gasteiger partial charge in [-0.2, -0.15) is 0 Å². The summed E-state index contributed by atoms with van der Waals surface area (Å²) in [6.45, 7) is 3.01. The summed E-state index contributed by atoms with van der Waals surface area (Å²) in [7, 11) is 3.54. The first-order chi connectivity index (χ1) is 12.2. The van der Waals surface area contributed by atoms with Crippen LogP contribution in [-0.4, -0.2) is 32.7 Å². The highest BCUT2D eigenvalue weighted by molar-refractivity contribution is 14.0. The van der Waals surface area contributed by atoms with Gasteiger partial charge < -0.3 is 15.4 Å². The lowest BCUT2D eigenvalue weighted by molar-refractivity contribution is 0.409. The molecule has 1 aliphatic carbocycles. The maximum atomic E-state index is 5.40. The van der Waals surface area contributed by atoms with E-state index in [4.69, 9.17) is 4.74 Å². The first kappa shape index (κ1) is 20.6. The van der Waals surface area contributed by atoms with Crippen LogP contribution in [0.25, 0.3) is 0 Å². The van der Waals surface area contributed by atoms with Gasteiger partial charge in [0.25, 0.3) is 0 Å². The monoisotopic (exact) mass is 465 g/mol. The van der Waals surface area contributed by atoms with Gasteiger partial charge in [-0.25, -0.2) is 0 Å². The van der Waals surface area contributed by atoms with Crippen LogP contribution >= 0.6 is 24.0 Å². The molecule has 0 radical (unpaired) electrons. The molecule has 0 amide bonds. The van der Waals surface area contributed by atoms with Crippen LogP contribution in [0.5, 0.6) is 5.75 Å². The molecule has 1 saturated carbocycles. The second-order valence-electron chi connectivity index (χ2n) is 6.51. The van der Waals surface area contributed by atoms with Crippen molar-refractivity contribution in [2.24, 2.45) is 4.99 Å². The molecular weight excluding hydrogens is 437 g/mol. The highest BCUT2D eigenvalue weighted by atomic mass is 127. The summed E-state index contributed by atoms with van der Waals surface area (Å²) in [6, 6.07) is 17.3. The van der Waals surface area contributed by atoms with Gasteiger partial charge in [0.2, 0.25) is 0 Å². The van der Waals surface area contributed by atoms with Crippen LogP contribution in [-0.2, 0) is 6.42 Å². The predicted molar refractivity (Wildman–Crippen MR) is 119 cm³/mol. The lowest BCUT2D eigenvalue weighted by Gasteiger charge is -2.13. The predicted octanol–water partition coefficient (Wildman–Crippen LogP) is 3.89. The SMILES string of the molecule is CN=C(NCCc1ccccc1OC)NC1CC1c1ccccc1C.I. The van der Waals surface area contributed by atoms with E-state index in [2.05, 4.69) is 52.9 Å². The van der Waals surface area contributed by atoms with E-state index < -0.39 is 0 Å². The van der Waals surface area contributed by atoms with Gasteiger partial charge in [-0.1, -0.05) is 42.5 Å². The first-order valence-corrected chi connectivity index (χ1v) is 8.87. The summed E-state index contributed by atoms with van der Waals surface area (Å²) in [5.41, 5.74) is 4.03. The molecule has 0 spiro atoms. The van der Waals surface area contributed by atoms with Gasteiger partial charge >= 0.3 is 0 Å².